The van der Waals surface area contributed by atoms with Crippen LogP contribution in [0.4, 0.5) is 0 Å². The molecule has 0 radical (unpaired) electrons. The number of oxazole rings is 1. The molecular formula is C10H14N2O2. The number of hydrogen-bond acceptors (Lipinski definition) is 4. The Bertz CT molecular complexity index is 364. The Kier molecular flexibility index (Phi) is 3.06. The second kappa shape index (κ2) is 4.09. The van der Waals surface area contributed by atoms with Crippen LogP contribution in [0.1, 0.15) is 22.1 Å². The van der Waals surface area contributed by atoms with Gasteiger partial charge in [0.15, 0.2) is 11.7 Å². The van der Waals surface area contributed by atoms with Crippen molar-refractivity contribution in [1.82, 2.24) is 9.88 Å². The normalized spacial score (nSPS) is 10.9. The fourth-order valence-corrected chi connectivity index (χ4v) is 1.05. The Hall–Kier alpha value is -1.58. The Labute approximate surface area is 83.2 Å². The summed E-state index contributed by atoms with van der Waals surface area (Å²) in [6.07, 6.45) is 3.15. The summed E-state index contributed by atoms with van der Waals surface area (Å²) in [7, 11) is 3.70. The van der Waals surface area contributed by atoms with Gasteiger partial charge in [-0.15, -0.1) is 0 Å². The molecule has 14 heavy (non-hydrogen) atoms. The molecule has 1 aromatic heterocycles. The van der Waals surface area contributed by atoms with Crippen molar-refractivity contribution in [1.29, 1.82) is 0 Å². The van der Waals surface area contributed by atoms with E-state index < -0.39 is 0 Å². The number of carbonyl (C=O) groups is 1. The number of hydrogen-bond donors (Lipinski definition) is 0. The van der Waals surface area contributed by atoms with E-state index in [9.17, 15) is 4.79 Å². The SMILES string of the molecule is Cc1nc(C)c(C(=O)/C=C/N(C)C)o1. The average molecular weight is 194 g/mol. The molecule has 76 valence electrons. The van der Waals surface area contributed by atoms with E-state index in [4.69, 9.17) is 4.42 Å². The molecule has 0 atom stereocenters. The van der Waals surface area contributed by atoms with E-state index in [-0.39, 0.29) is 5.78 Å². The molecule has 0 unspecified atom stereocenters. The Morgan fingerprint density at radius 3 is 2.50 bits per heavy atom. The minimum Gasteiger partial charge on any atom is -0.437 e. The van der Waals surface area contributed by atoms with E-state index in [1.165, 1.54) is 6.08 Å². The zero-order valence-corrected chi connectivity index (χ0v) is 8.87. The maximum atomic E-state index is 11.5. The van der Waals surface area contributed by atoms with Crippen molar-refractivity contribution in [3.8, 4) is 0 Å². The summed E-state index contributed by atoms with van der Waals surface area (Å²) in [4.78, 5) is 17.3. The first kappa shape index (κ1) is 10.5. The van der Waals surface area contributed by atoms with Gasteiger partial charge in [-0.05, 0) is 6.92 Å². The second-order valence-corrected chi connectivity index (χ2v) is 3.29. The molecule has 0 bridgehead atoms. The first-order valence-electron chi connectivity index (χ1n) is 4.33. The van der Waals surface area contributed by atoms with Crippen LogP contribution in [0.2, 0.25) is 0 Å². The molecule has 0 aliphatic rings. The summed E-state index contributed by atoms with van der Waals surface area (Å²) in [6.45, 7) is 3.48. The minimum atomic E-state index is -0.156. The molecule has 0 aromatic carbocycles. The molecular weight excluding hydrogens is 180 g/mol. The van der Waals surface area contributed by atoms with Gasteiger partial charge in [0, 0.05) is 33.3 Å². The molecule has 1 heterocycles. The van der Waals surface area contributed by atoms with Gasteiger partial charge in [0.1, 0.15) is 0 Å². The molecule has 0 aliphatic carbocycles. The van der Waals surface area contributed by atoms with Crippen molar-refractivity contribution in [2.24, 2.45) is 0 Å². The highest BCUT2D eigenvalue weighted by molar-refractivity contribution is 6.02. The molecule has 0 N–H and O–H groups in total. The zero-order valence-electron chi connectivity index (χ0n) is 8.87. The third-order valence-electron chi connectivity index (χ3n) is 1.65. The molecule has 0 saturated carbocycles. The highest BCUT2D eigenvalue weighted by atomic mass is 16.4. The standard InChI is InChI=1S/C10H14N2O2/c1-7-10(14-8(2)11-7)9(13)5-6-12(3)4/h5-6H,1-4H3/b6-5+. The summed E-state index contributed by atoms with van der Waals surface area (Å²) in [5.41, 5.74) is 0.635. The van der Waals surface area contributed by atoms with E-state index in [1.807, 2.05) is 14.1 Å². The average Bonchev–Trinajstić information content (AvgIpc) is 2.41. The number of aromatic nitrogens is 1. The van der Waals surface area contributed by atoms with Crippen LogP contribution in [0.15, 0.2) is 16.7 Å². The minimum absolute atomic E-state index is 0.156. The second-order valence-electron chi connectivity index (χ2n) is 3.29. The molecule has 0 fully saturated rings. The lowest BCUT2D eigenvalue weighted by Crippen LogP contribution is -2.03. The fraction of sp³-hybridized carbons (Fsp3) is 0.400. The molecule has 1 aromatic rings. The monoisotopic (exact) mass is 194 g/mol. The van der Waals surface area contributed by atoms with Crippen LogP contribution in [0.5, 0.6) is 0 Å². The summed E-state index contributed by atoms with van der Waals surface area (Å²) in [5, 5.41) is 0. The topological polar surface area (TPSA) is 46.3 Å². The lowest BCUT2D eigenvalue weighted by Gasteiger charge is -2.01. The van der Waals surface area contributed by atoms with Gasteiger partial charge in [0.25, 0.3) is 0 Å². The van der Waals surface area contributed by atoms with E-state index in [1.54, 1.807) is 24.9 Å². The van der Waals surface area contributed by atoms with Crippen LogP contribution in [0, 0.1) is 13.8 Å². The van der Waals surface area contributed by atoms with Gasteiger partial charge in [0.2, 0.25) is 5.78 Å². The number of nitrogens with zero attached hydrogens (tertiary/aromatic N) is 2. The van der Waals surface area contributed by atoms with E-state index in [0.717, 1.165) is 0 Å². The van der Waals surface area contributed by atoms with Crippen molar-refractivity contribution < 1.29 is 9.21 Å². The highest BCUT2D eigenvalue weighted by Gasteiger charge is 2.12. The van der Waals surface area contributed by atoms with Crippen LogP contribution in [0.25, 0.3) is 0 Å². The molecule has 0 aliphatic heterocycles. The van der Waals surface area contributed by atoms with Gasteiger partial charge >= 0.3 is 0 Å². The molecule has 1 rings (SSSR count). The number of rotatable bonds is 3. The number of allylic oxidation sites excluding steroid dienone is 1. The predicted octanol–water partition coefficient (Wildman–Crippen LogP) is 1.55. The quantitative estimate of drug-likeness (QED) is 0.541. The first-order chi connectivity index (χ1) is 6.50. The van der Waals surface area contributed by atoms with Crippen LogP contribution < -0.4 is 0 Å². The van der Waals surface area contributed by atoms with Crippen molar-refractivity contribution in [3.63, 3.8) is 0 Å². The molecule has 0 spiro atoms. The number of ketones is 1. The van der Waals surface area contributed by atoms with E-state index >= 15 is 0 Å². The Balaban J connectivity index is 2.85. The van der Waals surface area contributed by atoms with Crippen molar-refractivity contribution >= 4 is 5.78 Å². The zero-order chi connectivity index (χ0) is 10.7. The van der Waals surface area contributed by atoms with E-state index in [2.05, 4.69) is 4.98 Å². The van der Waals surface area contributed by atoms with Gasteiger partial charge in [-0.25, -0.2) is 4.98 Å². The molecule has 0 amide bonds. The van der Waals surface area contributed by atoms with Crippen LogP contribution >= 0.6 is 0 Å². The summed E-state index contributed by atoms with van der Waals surface area (Å²) >= 11 is 0. The van der Waals surface area contributed by atoms with Gasteiger partial charge < -0.3 is 9.32 Å². The largest absolute Gasteiger partial charge is 0.437 e. The smallest absolute Gasteiger partial charge is 0.224 e. The maximum absolute atomic E-state index is 11.5. The molecule has 0 saturated heterocycles. The first-order valence-corrected chi connectivity index (χ1v) is 4.33. The predicted molar refractivity (Wildman–Crippen MR) is 53.1 cm³/mol. The van der Waals surface area contributed by atoms with Gasteiger partial charge in [-0.3, -0.25) is 4.79 Å². The number of aryl methyl sites for hydroxylation is 2. The van der Waals surface area contributed by atoms with E-state index in [0.29, 0.717) is 17.3 Å². The van der Waals surface area contributed by atoms with Crippen molar-refractivity contribution in [3.05, 3.63) is 29.6 Å². The van der Waals surface area contributed by atoms with Crippen molar-refractivity contribution in [2.45, 2.75) is 13.8 Å². The van der Waals surface area contributed by atoms with Crippen LogP contribution in [-0.4, -0.2) is 29.8 Å². The summed E-state index contributed by atoms with van der Waals surface area (Å²) in [5.74, 6) is 0.682. The lowest BCUT2D eigenvalue weighted by atomic mass is 10.2. The highest BCUT2D eigenvalue weighted by Crippen LogP contribution is 2.10. The Morgan fingerprint density at radius 1 is 1.43 bits per heavy atom. The summed E-state index contributed by atoms with van der Waals surface area (Å²) < 4.78 is 5.18. The van der Waals surface area contributed by atoms with Gasteiger partial charge in [-0.2, -0.15) is 0 Å². The third-order valence-corrected chi connectivity index (χ3v) is 1.65. The third kappa shape index (κ3) is 2.45. The molecule has 4 heteroatoms. The Morgan fingerprint density at radius 2 is 2.07 bits per heavy atom. The van der Waals surface area contributed by atoms with Gasteiger partial charge in [-0.1, -0.05) is 0 Å². The van der Waals surface area contributed by atoms with Crippen molar-refractivity contribution in [2.75, 3.05) is 14.1 Å². The van der Waals surface area contributed by atoms with Crippen LogP contribution in [-0.2, 0) is 0 Å². The number of carbonyl (C=O) groups excluding carboxylic acids is 1. The maximum Gasteiger partial charge on any atom is 0.224 e. The lowest BCUT2D eigenvalue weighted by molar-refractivity contribution is 0.101. The fourth-order valence-electron chi connectivity index (χ4n) is 1.05. The molecule has 4 nitrogen and oxygen atoms in total. The van der Waals surface area contributed by atoms with Crippen LogP contribution in [0.3, 0.4) is 0 Å². The van der Waals surface area contributed by atoms with Gasteiger partial charge in [0.05, 0.1) is 5.69 Å². The summed E-state index contributed by atoms with van der Waals surface area (Å²) in [6, 6.07) is 0.